The number of hydrogen-bond acceptors (Lipinski definition) is 6. The molecule has 2 aromatic heterocycles. The number of rotatable bonds is 9. The van der Waals surface area contributed by atoms with Crippen LogP contribution in [0.5, 0.6) is 0 Å². The van der Waals surface area contributed by atoms with Crippen LogP contribution in [-0.2, 0) is 21.6 Å². The van der Waals surface area contributed by atoms with E-state index >= 15 is 13.2 Å². The standard InChI is InChI=1S/C45H37F3N4O3S/c1-56(54,55)37-20-17-31(18-21-37)42(53)32-24-27-51(28-25-32)41-23-26-49-40-22-19-33(29-38(40)41)39-30-52(50-43(39)45(46,47)48)44(34-11-5-2-6-12-34,35-13-7-3-8-14-35)36-15-9-4-10-16-36/h2-23,26,29-30,32H,24-25,27-28H2,1H3. The molecule has 7 nitrogen and oxygen atoms in total. The SMILES string of the molecule is CS(=O)(=O)c1ccc(C(=O)C2CCN(c3ccnc4ccc(-c5cn(C(c6ccccc6)(c6ccccc6)c6ccccc6)nc5C(F)(F)F)cc34)CC2)cc1. The molecule has 5 aromatic carbocycles. The summed E-state index contributed by atoms with van der Waals surface area (Å²) in [5.74, 6) is -0.292. The predicted octanol–water partition coefficient (Wildman–Crippen LogP) is 9.46. The van der Waals surface area contributed by atoms with Crippen molar-refractivity contribution in [1.29, 1.82) is 0 Å². The molecule has 0 atom stereocenters. The molecule has 8 rings (SSSR count). The number of ketones is 1. The predicted molar refractivity (Wildman–Crippen MR) is 211 cm³/mol. The zero-order chi connectivity index (χ0) is 39.1. The van der Waals surface area contributed by atoms with Crippen LogP contribution in [0.2, 0.25) is 0 Å². The van der Waals surface area contributed by atoms with Gasteiger partial charge in [0.05, 0.1) is 10.4 Å². The van der Waals surface area contributed by atoms with E-state index in [-0.39, 0.29) is 22.2 Å². The fourth-order valence-corrected chi connectivity index (χ4v) is 8.59. The Hall–Kier alpha value is -6.07. The van der Waals surface area contributed by atoms with Crippen LogP contribution >= 0.6 is 0 Å². The molecule has 0 amide bonds. The van der Waals surface area contributed by atoms with Gasteiger partial charge in [0.2, 0.25) is 0 Å². The van der Waals surface area contributed by atoms with E-state index in [1.807, 2.05) is 97.1 Å². The van der Waals surface area contributed by atoms with Crippen LogP contribution in [0.4, 0.5) is 18.9 Å². The highest BCUT2D eigenvalue weighted by Crippen LogP contribution is 2.45. The third-order valence-electron chi connectivity index (χ3n) is 10.7. The van der Waals surface area contributed by atoms with Crippen LogP contribution in [0.3, 0.4) is 0 Å². The fourth-order valence-electron chi connectivity index (χ4n) is 7.96. The van der Waals surface area contributed by atoms with Crippen molar-refractivity contribution in [3.8, 4) is 11.1 Å². The average Bonchev–Trinajstić information content (AvgIpc) is 3.68. The molecule has 11 heteroatoms. The molecule has 3 heterocycles. The third kappa shape index (κ3) is 6.76. The Bertz CT molecular complexity index is 2530. The van der Waals surface area contributed by atoms with Crippen molar-refractivity contribution < 1.29 is 26.4 Å². The summed E-state index contributed by atoms with van der Waals surface area (Å²) in [4.78, 5) is 20.2. The number of carbonyl (C=O) groups excluding carboxylic acids is 1. The summed E-state index contributed by atoms with van der Waals surface area (Å²) in [5.41, 5.74) is 2.18. The number of alkyl halides is 3. The van der Waals surface area contributed by atoms with E-state index in [0.717, 1.165) is 28.6 Å². The minimum atomic E-state index is -4.78. The number of anilines is 1. The highest BCUT2D eigenvalue weighted by atomic mass is 32.2. The third-order valence-corrected chi connectivity index (χ3v) is 11.8. The van der Waals surface area contributed by atoms with Gasteiger partial charge in [-0.2, -0.15) is 18.3 Å². The van der Waals surface area contributed by atoms with Gasteiger partial charge in [-0.25, -0.2) is 8.42 Å². The Morgan fingerprint density at radius 2 is 1.29 bits per heavy atom. The number of pyridine rings is 1. The van der Waals surface area contributed by atoms with Gasteiger partial charge in [0.1, 0.15) is 5.54 Å². The van der Waals surface area contributed by atoms with Crippen LogP contribution in [0.15, 0.2) is 157 Å². The minimum Gasteiger partial charge on any atom is -0.371 e. The van der Waals surface area contributed by atoms with Gasteiger partial charge in [-0.05, 0) is 65.4 Å². The highest BCUT2D eigenvalue weighted by molar-refractivity contribution is 7.90. The fraction of sp³-hybridized carbons (Fsp3) is 0.178. The van der Waals surface area contributed by atoms with Gasteiger partial charge in [-0.3, -0.25) is 14.5 Å². The number of carbonyl (C=O) groups is 1. The summed E-state index contributed by atoms with van der Waals surface area (Å²) in [5, 5.41) is 5.11. The maximum absolute atomic E-state index is 15.2. The summed E-state index contributed by atoms with van der Waals surface area (Å²) in [6.45, 7) is 1.08. The molecule has 56 heavy (non-hydrogen) atoms. The maximum Gasteiger partial charge on any atom is 0.435 e. The van der Waals surface area contributed by atoms with Gasteiger partial charge in [0.25, 0.3) is 0 Å². The van der Waals surface area contributed by atoms with Crippen LogP contribution in [-0.4, -0.2) is 48.3 Å². The van der Waals surface area contributed by atoms with Crippen molar-refractivity contribution in [1.82, 2.24) is 14.8 Å². The molecule has 0 bridgehead atoms. The number of sulfone groups is 1. The first-order valence-corrected chi connectivity index (χ1v) is 20.2. The van der Waals surface area contributed by atoms with Gasteiger partial charge >= 0.3 is 6.18 Å². The van der Waals surface area contributed by atoms with Gasteiger partial charge in [-0.1, -0.05) is 109 Å². The van der Waals surface area contributed by atoms with Gasteiger partial charge in [0, 0.05) is 59.9 Å². The molecule has 0 unspecified atom stereocenters. The monoisotopic (exact) mass is 770 g/mol. The van der Waals surface area contributed by atoms with Crippen LogP contribution in [0.25, 0.3) is 22.0 Å². The number of halogens is 3. The average molecular weight is 771 g/mol. The summed E-state index contributed by atoms with van der Waals surface area (Å²) in [6.07, 6.45) is 0.658. The zero-order valence-electron chi connectivity index (χ0n) is 30.4. The molecule has 0 N–H and O–H groups in total. The lowest BCUT2D eigenvalue weighted by Crippen LogP contribution is -2.38. The second kappa shape index (κ2) is 14.5. The normalized spacial score (nSPS) is 14.2. The van der Waals surface area contributed by atoms with Crippen molar-refractivity contribution in [3.05, 3.63) is 180 Å². The summed E-state index contributed by atoms with van der Waals surface area (Å²) < 4.78 is 70.8. The van der Waals surface area contributed by atoms with E-state index in [4.69, 9.17) is 0 Å². The first-order valence-electron chi connectivity index (χ1n) is 18.3. The molecule has 0 saturated carbocycles. The van der Waals surface area contributed by atoms with E-state index in [9.17, 15) is 13.2 Å². The van der Waals surface area contributed by atoms with Crippen LogP contribution < -0.4 is 4.90 Å². The van der Waals surface area contributed by atoms with Crippen molar-refractivity contribution in [3.63, 3.8) is 0 Å². The number of nitrogens with zero attached hydrogens (tertiary/aromatic N) is 4. The van der Waals surface area contributed by atoms with E-state index in [1.165, 1.54) is 23.0 Å². The van der Waals surface area contributed by atoms with Gasteiger partial charge in [0.15, 0.2) is 21.3 Å². The molecule has 282 valence electrons. The van der Waals surface area contributed by atoms with E-state index in [0.29, 0.717) is 48.0 Å². The summed E-state index contributed by atoms with van der Waals surface area (Å²) >= 11 is 0. The molecule has 1 saturated heterocycles. The number of hydrogen-bond donors (Lipinski definition) is 0. The second-order valence-corrected chi connectivity index (χ2v) is 16.1. The lowest BCUT2D eigenvalue weighted by atomic mass is 9.77. The topological polar surface area (TPSA) is 85.2 Å². The van der Waals surface area contributed by atoms with Crippen molar-refractivity contribution in [2.45, 2.75) is 29.5 Å². The van der Waals surface area contributed by atoms with Crippen LogP contribution in [0, 0.1) is 5.92 Å². The number of Topliss-reactive ketones (excluding diaryl/α,β-unsaturated/α-hetero) is 1. The largest absolute Gasteiger partial charge is 0.435 e. The Morgan fingerprint density at radius 3 is 1.80 bits per heavy atom. The maximum atomic E-state index is 15.2. The Balaban J connectivity index is 1.19. The molecule has 1 aliphatic rings. The molecule has 0 aliphatic carbocycles. The number of benzene rings is 5. The zero-order valence-corrected chi connectivity index (χ0v) is 31.2. The van der Waals surface area contributed by atoms with Gasteiger partial charge < -0.3 is 4.90 Å². The Kier molecular flexibility index (Phi) is 9.58. The number of aromatic nitrogens is 3. The lowest BCUT2D eigenvalue weighted by molar-refractivity contribution is -0.141. The van der Waals surface area contributed by atoms with E-state index < -0.39 is 27.2 Å². The summed E-state index contributed by atoms with van der Waals surface area (Å²) in [6, 6.07) is 41.4. The number of piperidine rings is 1. The molecule has 1 fully saturated rings. The van der Waals surface area contributed by atoms with E-state index in [2.05, 4.69) is 15.0 Å². The Labute approximate surface area is 323 Å². The van der Waals surface area contributed by atoms with E-state index in [1.54, 1.807) is 36.5 Å². The van der Waals surface area contributed by atoms with Crippen molar-refractivity contribution >= 4 is 32.2 Å². The van der Waals surface area contributed by atoms with Crippen LogP contribution in [0.1, 0.15) is 45.6 Å². The van der Waals surface area contributed by atoms with Crippen molar-refractivity contribution in [2.75, 3.05) is 24.2 Å². The smallest absolute Gasteiger partial charge is 0.371 e. The molecule has 0 spiro atoms. The molecule has 1 aliphatic heterocycles. The molecular weight excluding hydrogens is 734 g/mol. The highest BCUT2D eigenvalue weighted by Gasteiger charge is 2.44. The lowest BCUT2D eigenvalue weighted by Gasteiger charge is -2.36. The first-order chi connectivity index (χ1) is 26.9. The van der Waals surface area contributed by atoms with Gasteiger partial charge in [-0.15, -0.1) is 0 Å². The summed E-state index contributed by atoms with van der Waals surface area (Å²) in [7, 11) is -3.38. The molecule has 0 radical (unpaired) electrons. The molecular formula is C45H37F3N4O3S. The van der Waals surface area contributed by atoms with Crippen molar-refractivity contribution in [2.24, 2.45) is 5.92 Å². The molecule has 7 aromatic rings. The second-order valence-electron chi connectivity index (χ2n) is 14.1. The quantitative estimate of drug-likeness (QED) is 0.107. The Morgan fingerprint density at radius 1 is 0.732 bits per heavy atom. The number of fused-ring (bicyclic) bond motifs is 1. The minimum absolute atomic E-state index is 0.0409. The first kappa shape index (κ1) is 36.9.